The molecule has 0 bridgehead atoms. The number of morpholine rings is 1. The first kappa shape index (κ1) is 25.2. The lowest BCUT2D eigenvalue weighted by atomic mass is 10.1. The van der Waals surface area contributed by atoms with Crippen LogP contribution >= 0.6 is 0 Å². The number of carbonyl (C=O) groups is 1. The van der Waals surface area contributed by atoms with Gasteiger partial charge in [0.2, 0.25) is 0 Å². The van der Waals surface area contributed by atoms with Gasteiger partial charge >= 0.3 is 6.09 Å². The van der Waals surface area contributed by atoms with E-state index in [1.165, 1.54) is 18.5 Å². The van der Waals surface area contributed by atoms with E-state index in [2.05, 4.69) is 19.8 Å². The van der Waals surface area contributed by atoms with Crippen molar-refractivity contribution in [3.63, 3.8) is 0 Å². The zero-order valence-corrected chi connectivity index (χ0v) is 21.6. The zero-order chi connectivity index (χ0) is 26.3. The summed E-state index contributed by atoms with van der Waals surface area (Å²) in [6.45, 7) is 11.6. The summed E-state index contributed by atoms with van der Waals surface area (Å²) in [5, 5.41) is 0.798. The third-order valence-corrected chi connectivity index (χ3v) is 6.57. The second kappa shape index (κ2) is 9.77. The fourth-order valence-corrected chi connectivity index (χ4v) is 4.93. The Morgan fingerprint density at radius 2 is 1.76 bits per heavy atom. The van der Waals surface area contributed by atoms with Gasteiger partial charge in [-0.3, -0.25) is 4.57 Å². The maximum atomic E-state index is 14.1. The molecule has 11 heteroatoms. The fourth-order valence-electron chi connectivity index (χ4n) is 4.93. The summed E-state index contributed by atoms with van der Waals surface area (Å²) in [7, 11) is 0. The van der Waals surface area contributed by atoms with Gasteiger partial charge in [-0.1, -0.05) is 0 Å². The Balaban J connectivity index is 1.55. The first-order valence-corrected chi connectivity index (χ1v) is 12.5. The Hall–Kier alpha value is -3.47. The van der Waals surface area contributed by atoms with Crippen molar-refractivity contribution in [1.82, 2.24) is 19.4 Å². The number of amides is 1. The van der Waals surface area contributed by atoms with Gasteiger partial charge < -0.3 is 24.2 Å². The summed E-state index contributed by atoms with van der Waals surface area (Å²) in [4.78, 5) is 27.9. The van der Waals surface area contributed by atoms with Gasteiger partial charge in [-0.2, -0.15) is 0 Å². The van der Waals surface area contributed by atoms with Crippen LogP contribution in [-0.2, 0) is 9.47 Å². The van der Waals surface area contributed by atoms with Crippen LogP contribution in [0.3, 0.4) is 0 Å². The molecule has 2 aliphatic rings. The van der Waals surface area contributed by atoms with Gasteiger partial charge in [0.05, 0.1) is 30.0 Å². The predicted octanol–water partition coefficient (Wildman–Crippen LogP) is 3.98. The smallest absolute Gasteiger partial charge is 0.410 e. The molecule has 9 nitrogen and oxygen atoms in total. The van der Waals surface area contributed by atoms with Gasteiger partial charge in [-0.05, 0) is 39.8 Å². The summed E-state index contributed by atoms with van der Waals surface area (Å²) in [5.41, 5.74) is 1.20. The number of aromatic nitrogens is 3. The van der Waals surface area contributed by atoms with Crippen molar-refractivity contribution < 1.29 is 23.0 Å². The average Bonchev–Trinajstić information content (AvgIpc) is 3.23. The molecule has 0 spiro atoms. The average molecular weight is 515 g/mol. The summed E-state index contributed by atoms with van der Waals surface area (Å²) >= 11 is 0. The van der Waals surface area contributed by atoms with Gasteiger partial charge in [0.1, 0.15) is 29.4 Å². The van der Waals surface area contributed by atoms with E-state index in [0.29, 0.717) is 57.3 Å². The van der Waals surface area contributed by atoms with E-state index >= 15 is 0 Å². The van der Waals surface area contributed by atoms with Crippen molar-refractivity contribution >= 4 is 28.6 Å². The molecule has 5 rings (SSSR count). The van der Waals surface area contributed by atoms with Crippen LogP contribution in [-0.4, -0.2) is 83.1 Å². The molecule has 0 N–H and O–H groups in total. The Labute approximate surface area is 214 Å². The molecule has 0 unspecified atom stereocenters. The largest absolute Gasteiger partial charge is 0.444 e. The Bertz CT molecular complexity index is 1280. The van der Waals surface area contributed by atoms with Crippen LogP contribution in [0.4, 0.5) is 25.1 Å². The lowest BCUT2D eigenvalue weighted by Gasteiger charge is -2.41. The van der Waals surface area contributed by atoms with Crippen LogP contribution in [0.25, 0.3) is 16.7 Å². The molecule has 1 aromatic carbocycles. The third-order valence-electron chi connectivity index (χ3n) is 6.57. The minimum atomic E-state index is -0.661. The number of hydrogen-bond acceptors (Lipinski definition) is 7. The minimum absolute atomic E-state index is 0.0492. The highest BCUT2D eigenvalue weighted by molar-refractivity contribution is 6.01. The number of rotatable bonds is 3. The van der Waals surface area contributed by atoms with Crippen LogP contribution in [0.1, 0.15) is 27.7 Å². The Morgan fingerprint density at radius 3 is 2.41 bits per heavy atom. The molecule has 2 aromatic heterocycles. The number of nitrogens with zero attached hydrogens (tertiary/aromatic N) is 6. The van der Waals surface area contributed by atoms with E-state index in [9.17, 15) is 13.6 Å². The summed E-state index contributed by atoms with van der Waals surface area (Å²) < 4.78 is 41.1. The molecular weight excluding hydrogens is 482 g/mol. The Kier molecular flexibility index (Phi) is 6.65. The summed E-state index contributed by atoms with van der Waals surface area (Å²) in [5.74, 6) is -0.602. The van der Waals surface area contributed by atoms with Crippen LogP contribution in [0.15, 0.2) is 30.7 Å². The first-order chi connectivity index (χ1) is 17.6. The highest BCUT2D eigenvalue weighted by Crippen LogP contribution is 2.38. The van der Waals surface area contributed by atoms with Crippen molar-refractivity contribution in [2.75, 3.05) is 55.7 Å². The van der Waals surface area contributed by atoms with Crippen LogP contribution in [0.5, 0.6) is 0 Å². The quantitative estimate of drug-likeness (QED) is 0.523. The van der Waals surface area contributed by atoms with E-state index in [0.717, 1.165) is 23.0 Å². The maximum Gasteiger partial charge on any atom is 0.410 e. The molecule has 37 heavy (non-hydrogen) atoms. The molecule has 2 aliphatic heterocycles. The molecule has 4 heterocycles. The zero-order valence-electron chi connectivity index (χ0n) is 21.6. The monoisotopic (exact) mass is 514 g/mol. The van der Waals surface area contributed by atoms with Gasteiger partial charge in [0, 0.05) is 51.0 Å². The molecule has 2 fully saturated rings. The van der Waals surface area contributed by atoms with E-state index in [1.54, 1.807) is 9.47 Å². The summed E-state index contributed by atoms with van der Waals surface area (Å²) in [6, 6.07) is 3.38. The topological polar surface area (TPSA) is 76.0 Å². The van der Waals surface area contributed by atoms with Crippen molar-refractivity contribution in [3.05, 3.63) is 42.4 Å². The molecule has 0 saturated carbocycles. The van der Waals surface area contributed by atoms with Crippen molar-refractivity contribution in [2.24, 2.45) is 0 Å². The molecule has 3 aromatic rings. The summed E-state index contributed by atoms with van der Waals surface area (Å²) in [6.07, 6.45) is 3.00. The number of halogens is 2. The number of ether oxygens (including phenoxy) is 2. The highest BCUT2D eigenvalue weighted by atomic mass is 19.1. The van der Waals surface area contributed by atoms with Gasteiger partial charge in [-0.15, -0.1) is 0 Å². The van der Waals surface area contributed by atoms with E-state index in [1.807, 2.05) is 33.9 Å². The fraction of sp³-hybridized carbons (Fsp3) is 0.500. The number of fused-ring (bicyclic) bond motifs is 1. The van der Waals surface area contributed by atoms with Gasteiger partial charge in [0.15, 0.2) is 5.65 Å². The van der Waals surface area contributed by atoms with Crippen LogP contribution in [0.2, 0.25) is 0 Å². The lowest BCUT2D eigenvalue weighted by Crippen LogP contribution is -2.55. The maximum absolute atomic E-state index is 14.1. The van der Waals surface area contributed by atoms with E-state index in [4.69, 9.17) is 9.47 Å². The molecule has 0 aliphatic carbocycles. The van der Waals surface area contributed by atoms with Crippen molar-refractivity contribution in [1.29, 1.82) is 0 Å². The molecule has 0 radical (unpaired) electrons. The normalized spacial score (nSPS) is 19.0. The van der Waals surface area contributed by atoms with Crippen LogP contribution in [0, 0.1) is 11.6 Å². The number of carbonyl (C=O) groups excluding carboxylic acids is 1. The SMILES string of the molecule is C[C@@H]1CN(C(=O)OC(C)(C)C)CCN1c1ncnc2c1c(N1CCOCC1)cn2-c1cc(F)cc(F)c1. The second-order valence-electron chi connectivity index (χ2n) is 10.5. The van der Waals surface area contributed by atoms with Crippen LogP contribution < -0.4 is 9.80 Å². The number of piperazine rings is 1. The predicted molar refractivity (Wildman–Crippen MR) is 136 cm³/mol. The first-order valence-electron chi connectivity index (χ1n) is 12.5. The number of benzene rings is 1. The standard InChI is InChI=1S/C26H32F2N6O3/c1-17-14-32(25(35)37-26(2,3)4)5-6-33(17)23-22-21(31-7-9-36-10-8-31)15-34(24(22)30-16-29-23)20-12-18(27)11-19(28)13-20/h11-13,15-17H,5-10,14H2,1-4H3/t17-/m1/s1. The molecular formula is C26H32F2N6O3. The van der Waals surface area contributed by atoms with Gasteiger partial charge in [0.25, 0.3) is 0 Å². The Morgan fingerprint density at radius 1 is 1.05 bits per heavy atom. The van der Waals surface area contributed by atoms with Crippen molar-refractivity contribution in [2.45, 2.75) is 39.3 Å². The highest BCUT2D eigenvalue weighted by Gasteiger charge is 2.33. The molecule has 1 atom stereocenters. The van der Waals surface area contributed by atoms with Crippen molar-refractivity contribution in [3.8, 4) is 5.69 Å². The number of hydrogen-bond donors (Lipinski definition) is 0. The third kappa shape index (κ3) is 5.18. The van der Waals surface area contributed by atoms with Gasteiger partial charge in [-0.25, -0.2) is 23.5 Å². The molecule has 2 saturated heterocycles. The van der Waals surface area contributed by atoms with E-state index < -0.39 is 17.2 Å². The van der Waals surface area contributed by atoms with E-state index in [-0.39, 0.29) is 12.1 Å². The lowest BCUT2D eigenvalue weighted by molar-refractivity contribution is 0.0218. The molecule has 198 valence electrons. The minimum Gasteiger partial charge on any atom is -0.444 e. The number of anilines is 2. The second-order valence-corrected chi connectivity index (χ2v) is 10.5. The molecule has 1 amide bonds.